The number of halogens is 4. The normalized spacial score (nSPS) is 26.2. The van der Waals surface area contributed by atoms with Crippen LogP contribution in [0, 0.1) is 24.5 Å². The smallest absolute Gasteiger partial charge is 0.338 e. The van der Waals surface area contributed by atoms with Gasteiger partial charge in [0.2, 0.25) is 0 Å². The summed E-state index contributed by atoms with van der Waals surface area (Å²) in [5, 5.41) is 14.4. The van der Waals surface area contributed by atoms with E-state index in [0.717, 1.165) is 13.2 Å². The molecule has 0 aliphatic carbocycles. The van der Waals surface area contributed by atoms with Crippen LogP contribution < -0.4 is 5.32 Å². The lowest BCUT2D eigenvalue weighted by Gasteiger charge is -2.52. The van der Waals surface area contributed by atoms with Gasteiger partial charge in [-0.2, -0.15) is 0 Å². The van der Waals surface area contributed by atoms with E-state index < -0.39 is 60.0 Å². The summed E-state index contributed by atoms with van der Waals surface area (Å²) in [7, 11) is 1.15. The Hall–Kier alpha value is -3.36. The van der Waals surface area contributed by atoms with Crippen molar-refractivity contribution in [3.8, 4) is 0 Å². The van der Waals surface area contributed by atoms with E-state index in [-0.39, 0.29) is 54.4 Å². The number of benzene rings is 1. The Morgan fingerprint density at radius 3 is 2.75 bits per heavy atom. The van der Waals surface area contributed by atoms with Gasteiger partial charge in [0.15, 0.2) is 22.5 Å². The summed E-state index contributed by atoms with van der Waals surface area (Å²) in [4.78, 5) is 34.9. The number of carboxylic acid groups (broad SMARTS) is 1. The first-order valence-electron chi connectivity index (χ1n) is 12.5. The summed E-state index contributed by atoms with van der Waals surface area (Å²) in [5.74, 6) is -8.84. The third-order valence-corrected chi connectivity index (χ3v) is 8.38. The van der Waals surface area contributed by atoms with E-state index in [4.69, 9.17) is 9.47 Å². The third-order valence-electron chi connectivity index (χ3n) is 7.60. The number of morpholine rings is 1. The summed E-state index contributed by atoms with van der Waals surface area (Å²) in [6.45, 7) is 0.933. The van der Waals surface area contributed by atoms with Gasteiger partial charge >= 0.3 is 11.9 Å². The first-order valence-corrected chi connectivity index (χ1v) is 13.3. The number of nitrogens with one attached hydrogen (secondary N) is 1. The number of carbonyl (C=O) groups excluding carboxylic acids is 1. The number of piperidine rings is 1. The SMILES string of the molecule is COC(=O)C1=C(CN2C3COCC2C(F)(F)C(CC(=O)O)C3)NC(c2nccs2)=NC1c1ccc(F)c(F)c1C. The Balaban J connectivity index is 1.61. The van der Waals surface area contributed by atoms with Crippen LogP contribution in [-0.4, -0.2) is 77.6 Å². The number of hydrogen-bond donors (Lipinski definition) is 2. The minimum Gasteiger partial charge on any atom is -0.481 e. The van der Waals surface area contributed by atoms with E-state index in [1.165, 1.54) is 35.4 Å². The first kappa shape index (κ1) is 28.2. The quantitative estimate of drug-likeness (QED) is 0.377. The molecule has 2 N–H and O–H groups in total. The molecule has 2 aromatic rings. The van der Waals surface area contributed by atoms with Gasteiger partial charge in [-0.3, -0.25) is 14.7 Å². The molecule has 0 saturated carbocycles. The molecule has 0 spiro atoms. The Morgan fingerprint density at radius 1 is 1.30 bits per heavy atom. The van der Waals surface area contributed by atoms with E-state index in [2.05, 4.69) is 15.3 Å². The molecule has 1 aromatic heterocycles. The second-order valence-electron chi connectivity index (χ2n) is 9.89. The van der Waals surface area contributed by atoms with Crippen LogP contribution in [0.15, 0.2) is 40.0 Å². The molecule has 0 radical (unpaired) electrons. The van der Waals surface area contributed by atoms with Gasteiger partial charge in [0, 0.05) is 35.8 Å². The van der Waals surface area contributed by atoms with Crippen LogP contribution in [0.2, 0.25) is 0 Å². The molecule has 0 amide bonds. The van der Waals surface area contributed by atoms with Crippen LogP contribution in [0.4, 0.5) is 17.6 Å². The second kappa shape index (κ2) is 10.9. The highest BCUT2D eigenvalue weighted by molar-refractivity contribution is 7.11. The van der Waals surface area contributed by atoms with Crippen LogP contribution in [0.3, 0.4) is 0 Å². The summed E-state index contributed by atoms with van der Waals surface area (Å²) >= 11 is 1.24. The molecule has 1 aromatic carbocycles. The molecular formula is C26H26F4N4O5S. The monoisotopic (exact) mass is 582 g/mol. The van der Waals surface area contributed by atoms with E-state index >= 15 is 8.78 Å². The lowest BCUT2D eigenvalue weighted by Crippen LogP contribution is -2.67. The molecule has 40 heavy (non-hydrogen) atoms. The van der Waals surface area contributed by atoms with Gasteiger partial charge in [-0.15, -0.1) is 11.3 Å². The number of hydrogen-bond acceptors (Lipinski definition) is 9. The van der Waals surface area contributed by atoms with Crippen molar-refractivity contribution >= 4 is 29.1 Å². The van der Waals surface area contributed by atoms with Crippen molar-refractivity contribution < 1.29 is 41.7 Å². The van der Waals surface area contributed by atoms with Crippen molar-refractivity contribution in [2.24, 2.45) is 10.9 Å². The predicted octanol–water partition coefficient (Wildman–Crippen LogP) is 3.45. The summed E-state index contributed by atoms with van der Waals surface area (Å²) in [5.41, 5.74) is 0.264. The van der Waals surface area contributed by atoms with Crippen molar-refractivity contribution in [3.05, 3.63) is 62.7 Å². The molecule has 4 heterocycles. The van der Waals surface area contributed by atoms with Gasteiger partial charge in [0.1, 0.15) is 6.04 Å². The number of nitrogens with zero attached hydrogens (tertiary/aromatic N) is 3. The number of rotatable bonds is 7. The van der Waals surface area contributed by atoms with Gasteiger partial charge in [0.25, 0.3) is 5.92 Å². The number of alkyl halides is 2. The molecule has 14 heteroatoms. The molecule has 2 bridgehead atoms. The molecule has 4 unspecified atom stereocenters. The number of ether oxygens (including phenoxy) is 2. The second-order valence-corrected chi connectivity index (χ2v) is 10.8. The Labute approximate surface area is 230 Å². The molecule has 9 nitrogen and oxygen atoms in total. The highest BCUT2D eigenvalue weighted by Crippen LogP contribution is 2.45. The molecule has 4 atom stereocenters. The number of thiazole rings is 1. The van der Waals surface area contributed by atoms with Crippen molar-refractivity contribution in [2.75, 3.05) is 26.9 Å². The topological polar surface area (TPSA) is 113 Å². The van der Waals surface area contributed by atoms with E-state index in [9.17, 15) is 23.5 Å². The number of fused-ring (bicyclic) bond motifs is 2. The zero-order valence-corrected chi connectivity index (χ0v) is 22.3. The van der Waals surface area contributed by atoms with Crippen LogP contribution in [-0.2, 0) is 19.1 Å². The van der Waals surface area contributed by atoms with Crippen molar-refractivity contribution in [3.63, 3.8) is 0 Å². The molecular weight excluding hydrogens is 556 g/mol. The molecule has 2 fully saturated rings. The van der Waals surface area contributed by atoms with Gasteiger partial charge in [0.05, 0.1) is 38.4 Å². The highest BCUT2D eigenvalue weighted by atomic mass is 32.1. The number of carbonyl (C=O) groups is 2. The van der Waals surface area contributed by atoms with Gasteiger partial charge in [-0.05, 0) is 30.5 Å². The molecule has 3 aliphatic rings. The molecule has 3 aliphatic heterocycles. The van der Waals surface area contributed by atoms with E-state index in [0.29, 0.717) is 5.01 Å². The van der Waals surface area contributed by atoms with Crippen LogP contribution >= 0.6 is 11.3 Å². The zero-order valence-electron chi connectivity index (χ0n) is 21.5. The minimum absolute atomic E-state index is 0.0492. The predicted molar refractivity (Wildman–Crippen MR) is 135 cm³/mol. The largest absolute Gasteiger partial charge is 0.481 e. The van der Waals surface area contributed by atoms with Crippen molar-refractivity contribution in [1.29, 1.82) is 0 Å². The van der Waals surface area contributed by atoms with Gasteiger partial charge < -0.3 is 19.9 Å². The molecule has 214 valence electrons. The van der Waals surface area contributed by atoms with Crippen molar-refractivity contribution in [1.82, 2.24) is 15.2 Å². The number of aliphatic carboxylic acids is 1. The zero-order chi connectivity index (χ0) is 28.8. The number of esters is 1. The van der Waals surface area contributed by atoms with Gasteiger partial charge in [-0.25, -0.2) is 27.3 Å². The third kappa shape index (κ3) is 4.99. The molecule has 2 saturated heterocycles. The average Bonchev–Trinajstić information content (AvgIpc) is 3.45. The number of aromatic nitrogens is 1. The fourth-order valence-corrected chi connectivity index (χ4v) is 6.20. The first-order chi connectivity index (χ1) is 19.0. The maximum absolute atomic E-state index is 15.6. The van der Waals surface area contributed by atoms with Crippen LogP contribution in [0.25, 0.3) is 0 Å². The van der Waals surface area contributed by atoms with E-state index in [1.807, 2.05) is 0 Å². The number of amidine groups is 1. The maximum atomic E-state index is 15.6. The number of methoxy groups -OCH3 is 1. The van der Waals surface area contributed by atoms with Gasteiger partial charge in [-0.1, -0.05) is 6.07 Å². The summed E-state index contributed by atoms with van der Waals surface area (Å²) in [6.07, 6.45) is 0.729. The van der Waals surface area contributed by atoms with Crippen LogP contribution in [0.1, 0.15) is 35.0 Å². The molecule has 5 rings (SSSR count). The Kier molecular flexibility index (Phi) is 7.68. The van der Waals surface area contributed by atoms with Crippen LogP contribution in [0.5, 0.6) is 0 Å². The summed E-state index contributed by atoms with van der Waals surface area (Å²) in [6, 6.07) is -0.910. The lowest BCUT2D eigenvalue weighted by atomic mass is 9.79. The lowest BCUT2D eigenvalue weighted by molar-refractivity contribution is -0.219. The minimum atomic E-state index is -3.39. The fourth-order valence-electron chi connectivity index (χ4n) is 5.61. The maximum Gasteiger partial charge on any atom is 0.338 e. The van der Waals surface area contributed by atoms with E-state index in [1.54, 1.807) is 5.38 Å². The highest BCUT2D eigenvalue weighted by Gasteiger charge is 2.58. The number of carboxylic acids is 1. The standard InChI is InChI=1S/C26H26F4N4O5S/c1-12-15(3-4-16(27)21(12)28)22-20(25(37)38-2)17(32-23(33-22)24-31-5-6-40-24)9-34-14-7-13(8-19(35)36)26(29,30)18(34)11-39-10-14/h3-6,13-14,18,22H,7-11H2,1-2H3,(H,32,33)(H,35,36). The fraction of sp³-hybridized carbons (Fsp3) is 0.462. The average molecular weight is 583 g/mol. The number of aliphatic imine (C=N–C) groups is 1. The Bertz CT molecular complexity index is 1380. The van der Waals surface area contributed by atoms with Crippen molar-refractivity contribution in [2.45, 2.75) is 43.8 Å². The Morgan fingerprint density at radius 2 is 2.08 bits per heavy atom. The summed E-state index contributed by atoms with van der Waals surface area (Å²) < 4.78 is 70.3.